The van der Waals surface area contributed by atoms with Crippen LogP contribution in [0.15, 0.2) is 22.6 Å². The van der Waals surface area contributed by atoms with Crippen LogP contribution in [0.2, 0.25) is 0 Å². The second-order valence-electron chi connectivity index (χ2n) is 2.31. The Bertz CT molecular complexity index is 191. The molecule has 0 N–H and O–H groups in total. The summed E-state index contributed by atoms with van der Waals surface area (Å²) >= 11 is 0. The van der Waals surface area contributed by atoms with Crippen LogP contribution in [-0.4, -0.2) is 17.6 Å². The van der Waals surface area contributed by atoms with Crippen LogP contribution >= 0.6 is 0 Å². The molecule has 2 nitrogen and oxygen atoms in total. The second kappa shape index (κ2) is 1.79. The van der Waals surface area contributed by atoms with Gasteiger partial charge in [-0.25, -0.2) is 0 Å². The molecule has 0 amide bonds. The monoisotopic (exact) mass is 122 g/mol. The lowest BCUT2D eigenvalue weighted by Gasteiger charge is -2.08. The highest BCUT2D eigenvalue weighted by Gasteiger charge is 2.19. The summed E-state index contributed by atoms with van der Waals surface area (Å²) in [6, 6.07) is 0. The molecule has 0 radical (unpaired) electrons. The summed E-state index contributed by atoms with van der Waals surface area (Å²) in [5.74, 6) is 0. The zero-order valence-corrected chi connectivity index (χ0v) is 5.76. The van der Waals surface area contributed by atoms with Crippen molar-refractivity contribution in [1.29, 1.82) is 0 Å². The minimum absolute atomic E-state index is 0.371. The van der Waals surface area contributed by atoms with Gasteiger partial charge in [-0.1, -0.05) is 6.58 Å². The zero-order valence-electron chi connectivity index (χ0n) is 5.76. The summed E-state index contributed by atoms with van der Waals surface area (Å²) in [6.45, 7) is 7.48. The van der Waals surface area contributed by atoms with Gasteiger partial charge in [0.05, 0.1) is 5.71 Å². The van der Waals surface area contributed by atoms with Gasteiger partial charge >= 0.3 is 0 Å². The van der Waals surface area contributed by atoms with Crippen molar-refractivity contribution in [3.63, 3.8) is 0 Å². The topological polar surface area (TPSA) is 24.7 Å². The predicted octanol–water partition coefficient (Wildman–Crippen LogP) is 1.43. The summed E-state index contributed by atoms with van der Waals surface area (Å²) in [5.41, 5.74) is 0.599. The molecule has 0 bridgehead atoms. The fourth-order valence-corrected chi connectivity index (χ4v) is 0.737. The third kappa shape index (κ3) is 1.07. The van der Waals surface area contributed by atoms with E-state index in [1.54, 1.807) is 12.3 Å². The highest BCUT2D eigenvalue weighted by Crippen LogP contribution is 2.16. The fourth-order valence-electron chi connectivity index (χ4n) is 0.737. The maximum absolute atomic E-state index is 4.22. The van der Waals surface area contributed by atoms with Crippen molar-refractivity contribution in [2.75, 3.05) is 0 Å². The van der Waals surface area contributed by atoms with Gasteiger partial charge in [0, 0.05) is 6.21 Å². The van der Waals surface area contributed by atoms with Gasteiger partial charge in [0.25, 0.3) is 0 Å². The smallest absolute Gasteiger partial charge is 0.166 e. The first kappa shape index (κ1) is 6.20. The molecule has 1 rings (SSSR count). The Morgan fingerprint density at radius 3 is 2.67 bits per heavy atom. The maximum atomic E-state index is 4.22. The number of hydrogen-bond donors (Lipinski definition) is 0. The molecule has 0 aromatic heterocycles. The van der Waals surface area contributed by atoms with Crippen LogP contribution in [0.1, 0.15) is 13.8 Å². The van der Waals surface area contributed by atoms with Crippen LogP contribution < -0.4 is 0 Å². The molecule has 0 aromatic carbocycles. The lowest BCUT2D eigenvalue weighted by molar-refractivity contribution is 0.641. The van der Waals surface area contributed by atoms with Crippen LogP contribution in [0.25, 0.3) is 0 Å². The van der Waals surface area contributed by atoms with Crippen LogP contribution in [0, 0.1) is 0 Å². The number of aliphatic imine (C=N–C) groups is 2. The molecular weight excluding hydrogens is 112 g/mol. The van der Waals surface area contributed by atoms with Gasteiger partial charge in [0.1, 0.15) is 0 Å². The second-order valence-corrected chi connectivity index (χ2v) is 2.31. The van der Waals surface area contributed by atoms with E-state index < -0.39 is 0 Å². The Hall–Kier alpha value is -0.920. The minimum atomic E-state index is -0.371. The Kier molecular flexibility index (Phi) is 1.24. The summed E-state index contributed by atoms with van der Waals surface area (Å²) < 4.78 is 0. The van der Waals surface area contributed by atoms with E-state index in [9.17, 15) is 0 Å². The molecule has 1 aliphatic rings. The van der Waals surface area contributed by atoms with E-state index in [0.717, 1.165) is 5.71 Å². The molecule has 1 aliphatic heterocycles. The molecule has 1 atom stereocenters. The van der Waals surface area contributed by atoms with Crippen LogP contribution in [0.3, 0.4) is 0 Å². The van der Waals surface area contributed by atoms with Gasteiger partial charge in [-0.2, -0.15) is 0 Å². The first-order valence-electron chi connectivity index (χ1n) is 2.91. The van der Waals surface area contributed by atoms with Crippen molar-refractivity contribution in [3.05, 3.63) is 12.7 Å². The molecule has 9 heavy (non-hydrogen) atoms. The molecule has 1 unspecified atom stereocenters. The van der Waals surface area contributed by atoms with Crippen molar-refractivity contribution in [1.82, 2.24) is 0 Å². The quantitative estimate of drug-likeness (QED) is 0.470. The van der Waals surface area contributed by atoms with Gasteiger partial charge in [0.15, 0.2) is 5.66 Å². The van der Waals surface area contributed by atoms with Gasteiger partial charge < -0.3 is 0 Å². The SMILES string of the molecule is C=CC1(C)N=CC(C)=N1. The summed E-state index contributed by atoms with van der Waals surface area (Å²) in [7, 11) is 0. The largest absolute Gasteiger partial charge is 0.258 e. The van der Waals surface area contributed by atoms with E-state index in [1.165, 1.54) is 0 Å². The lowest BCUT2D eigenvalue weighted by Crippen LogP contribution is -2.10. The van der Waals surface area contributed by atoms with Crippen LogP contribution in [0.5, 0.6) is 0 Å². The lowest BCUT2D eigenvalue weighted by atomic mass is 10.2. The Balaban J connectivity index is 2.90. The van der Waals surface area contributed by atoms with E-state index in [-0.39, 0.29) is 5.66 Å². The molecule has 2 heteroatoms. The molecular formula is C7H10N2. The van der Waals surface area contributed by atoms with Crippen LogP contribution in [0.4, 0.5) is 0 Å². The van der Waals surface area contributed by atoms with E-state index in [1.807, 2.05) is 13.8 Å². The van der Waals surface area contributed by atoms with E-state index in [0.29, 0.717) is 0 Å². The van der Waals surface area contributed by atoms with Crippen molar-refractivity contribution >= 4 is 11.9 Å². The third-order valence-electron chi connectivity index (χ3n) is 1.30. The van der Waals surface area contributed by atoms with Gasteiger partial charge in [0.2, 0.25) is 0 Å². The van der Waals surface area contributed by atoms with Gasteiger partial charge in [-0.15, -0.1) is 0 Å². The third-order valence-corrected chi connectivity index (χ3v) is 1.30. The van der Waals surface area contributed by atoms with E-state index in [4.69, 9.17) is 0 Å². The maximum Gasteiger partial charge on any atom is 0.166 e. The molecule has 0 saturated heterocycles. The Morgan fingerprint density at radius 1 is 1.78 bits per heavy atom. The van der Waals surface area contributed by atoms with Crippen molar-refractivity contribution < 1.29 is 0 Å². The molecule has 1 heterocycles. The molecule has 0 spiro atoms. The highest BCUT2D eigenvalue weighted by molar-refractivity contribution is 6.31. The number of rotatable bonds is 1. The zero-order chi connectivity index (χ0) is 6.91. The van der Waals surface area contributed by atoms with Crippen LogP contribution in [-0.2, 0) is 0 Å². The summed E-state index contributed by atoms with van der Waals surface area (Å²) in [4.78, 5) is 8.34. The predicted molar refractivity (Wildman–Crippen MR) is 40.2 cm³/mol. The van der Waals surface area contributed by atoms with Crippen molar-refractivity contribution in [2.24, 2.45) is 9.98 Å². The minimum Gasteiger partial charge on any atom is -0.258 e. The molecule has 0 fully saturated rings. The van der Waals surface area contributed by atoms with E-state index >= 15 is 0 Å². The number of nitrogens with zero attached hydrogens (tertiary/aromatic N) is 2. The Morgan fingerprint density at radius 2 is 2.44 bits per heavy atom. The van der Waals surface area contributed by atoms with Gasteiger partial charge in [-0.3, -0.25) is 9.98 Å². The van der Waals surface area contributed by atoms with Crippen molar-refractivity contribution in [2.45, 2.75) is 19.5 Å². The molecule has 0 saturated carbocycles. The van der Waals surface area contributed by atoms with Crippen molar-refractivity contribution in [3.8, 4) is 0 Å². The number of hydrogen-bond acceptors (Lipinski definition) is 2. The average Bonchev–Trinajstić information content (AvgIpc) is 2.13. The summed E-state index contributed by atoms with van der Waals surface area (Å²) in [6.07, 6.45) is 3.50. The van der Waals surface area contributed by atoms with E-state index in [2.05, 4.69) is 16.6 Å². The average molecular weight is 122 g/mol. The highest BCUT2D eigenvalue weighted by atomic mass is 15.1. The normalized spacial score (nSPS) is 32.4. The molecule has 0 aliphatic carbocycles. The standard InChI is InChI=1S/C7H10N2/c1-4-7(3)8-5-6(2)9-7/h4-5H,1H2,2-3H3. The Labute approximate surface area is 55.0 Å². The first-order chi connectivity index (χ1) is 4.16. The summed E-state index contributed by atoms with van der Waals surface area (Å²) in [5, 5.41) is 0. The molecule has 48 valence electrons. The fraction of sp³-hybridized carbons (Fsp3) is 0.429. The van der Waals surface area contributed by atoms with Gasteiger partial charge in [-0.05, 0) is 19.9 Å². The first-order valence-corrected chi connectivity index (χ1v) is 2.91. The molecule has 0 aromatic rings.